The summed E-state index contributed by atoms with van der Waals surface area (Å²) in [6.07, 6.45) is 7.67. The predicted octanol–water partition coefficient (Wildman–Crippen LogP) is 3.01. The third-order valence-corrected chi connectivity index (χ3v) is 4.09. The van der Waals surface area contributed by atoms with E-state index in [0.717, 1.165) is 25.7 Å². The van der Waals surface area contributed by atoms with E-state index in [-0.39, 0.29) is 11.3 Å². The van der Waals surface area contributed by atoms with Crippen molar-refractivity contribution >= 4 is 0 Å². The van der Waals surface area contributed by atoms with Gasteiger partial charge in [-0.2, -0.15) is 10.5 Å². The van der Waals surface area contributed by atoms with E-state index in [1.807, 2.05) is 0 Å². The van der Waals surface area contributed by atoms with E-state index in [1.165, 1.54) is 19.3 Å². The van der Waals surface area contributed by atoms with Gasteiger partial charge in [0.15, 0.2) is 0 Å². The van der Waals surface area contributed by atoms with E-state index in [9.17, 15) is 5.26 Å². The molecule has 2 rings (SSSR count). The van der Waals surface area contributed by atoms with Crippen LogP contribution in [0.2, 0.25) is 0 Å². The first-order valence-corrected chi connectivity index (χ1v) is 5.61. The number of nitriles is 2. The fraction of sp³-hybridized carbons (Fsp3) is 0.833. The lowest BCUT2D eigenvalue weighted by atomic mass is 9.58. The maximum Gasteiger partial charge on any atom is 0.0693 e. The first-order valence-electron chi connectivity index (χ1n) is 5.61. The summed E-state index contributed by atoms with van der Waals surface area (Å²) in [6.45, 7) is 0. The van der Waals surface area contributed by atoms with Crippen LogP contribution in [-0.4, -0.2) is 0 Å². The molecule has 0 saturated heterocycles. The van der Waals surface area contributed by atoms with Crippen LogP contribution in [0.1, 0.15) is 44.9 Å². The van der Waals surface area contributed by atoms with Crippen LogP contribution in [-0.2, 0) is 0 Å². The van der Waals surface area contributed by atoms with Gasteiger partial charge in [0.25, 0.3) is 0 Å². The van der Waals surface area contributed by atoms with Crippen molar-refractivity contribution in [3.05, 3.63) is 0 Å². The molecule has 0 heterocycles. The van der Waals surface area contributed by atoms with Gasteiger partial charge >= 0.3 is 0 Å². The van der Waals surface area contributed by atoms with Crippen LogP contribution < -0.4 is 0 Å². The van der Waals surface area contributed by atoms with Gasteiger partial charge < -0.3 is 0 Å². The minimum atomic E-state index is -0.128. The Morgan fingerprint density at radius 2 is 1.93 bits per heavy atom. The van der Waals surface area contributed by atoms with E-state index >= 15 is 0 Å². The highest BCUT2D eigenvalue weighted by atomic mass is 14.5. The average Bonchev–Trinajstić information content (AvgIpc) is 2.28. The Morgan fingerprint density at radius 1 is 1.07 bits per heavy atom. The van der Waals surface area contributed by atoms with Crippen molar-refractivity contribution in [1.29, 1.82) is 10.5 Å². The van der Waals surface area contributed by atoms with Crippen molar-refractivity contribution in [2.24, 2.45) is 17.3 Å². The molecular weight excluding hydrogens is 172 g/mol. The van der Waals surface area contributed by atoms with Gasteiger partial charge in [0.2, 0.25) is 0 Å². The van der Waals surface area contributed by atoms with Crippen LogP contribution in [0, 0.1) is 39.9 Å². The van der Waals surface area contributed by atoms with Crippen LogP contribution in [0.15, 0.2) is 0 Å². The van der Waals surface area contributed by atoms with Crippen molar-refractivity contribution in [3.8, 4) is 12.1 Å². The zero-order valence-electron chi connectivity index (χ0n) is 8.50. The van der Waals surface area contributed by atoms with Crippen LogP contribution in [0.5, 0.6) is 0 Å². The molecule has 0 amide bonds. The Balaban J connectivity index is 2.19. The Labute approximate surface area is 85.5 Å². The molecule has 3 atom stereocenters. The summed E-state index contributed by atoms with van der Waals surface area (Å²) in [6, 6.07) is 4.88. The molecule has 2 fully saturated rings. The minimum Gasteiger partial charge on any atom is -0.198 e. The van der Waals surface area contributed by atoms with Crippen molar-refractivity contribution < 1.29 is 0 Å². The lowest BCUT2D eigenvalue weighted by molar-refractivity contribution is 0.0832. The standard InChI is InChI=1S/C12H16N2/c13-8-10-4-5-11-3-1-2-6-12(11,7-10)9-14/h10-11H,1-7H2/t10-,11+,12+/m1/s1. The molecule has 0 aliphatic heterocycles. The summed E-state index contributed by atoms with van der Waals surface area (Å²) >= 11 is 0. The molecule has 0 N–H and O–H groups in total. The van der Waals surface area contributed by atoms with Gasteiger partial charge in [-0.3, -0.25) is 0 Å². The van der Waals surface area contributed by atoms with Crippen LogP contribution in [0.25, 0.3) is 0 Å². The summed E-state index contributed by atoms with van der Waals surface area (Å²) in [4.78, 5) is 0. The summed E-state index contributed by atoms with van der Waals surface area (Å²) in [5.41, 5.74) is -0.128. The Hall–Kier alpha value is -1.02. The number of fused-ring (bicyclic) bond motifs is 1. The molecule has 0 bridgehead atoms. The predicted molar refractivity (Wildman–Crippen MR) is 53.0 cm³/mol. The topological polar surface area (TPSA) is 47.6 Å². The van der Waals surface area contributed by atoms with Gasteiger partial charge in [0, 0.05) is 5.92 Å². The second-order valence-corrected chi connectivity index (χ2v) is 4.82. The van der Waals surface area contributed by atoms with Gasteiger partial charge in [-0.15, -0.1) is 0 Å². The molecule has 0 unspecified atom stereocenters. The zero-order chi connectivity index (χ0) is 10.0. The van der Waals surface area contributed by atoms with Gasteiger partial charge in [0.1, 0.15) is 0 Å². The largest absolute Gasteiger partial charge is 0.198 e. The minimum absolute atomic E-state index is 0.128. The molecular formula is C12H16N2. The Bertz CT molecular complexity index is 296. The highest BCUT2D eigenvalue weighted by molar-refractivity contribution is 5.10. The van der Waals surface area contributed by atoms with Gasteiger partial charge in [-0.1, -0.05) is 12.8 Å². The fourth-order valence-electron chi connectivity index (χ4n) is 3.25. The van der Waals surface area contributed by atoms with E-state index in [4.69, 9.17) is 5.26 Å². The average molecular weight is 188 g/mol. The third-order valence-electron chi connectivity index (χ3n) is 4.09. The first kappa shape index (κ1) is 9.53. The number of hydrogen-bond donors (Lipinski definition) is 0. The molecule has 0 aromatic rings. The summed E-state index contributed by atoms with van der Waals surface area (Å²) in [5.74, 6) is 0.731. The molecule has 2 nitrogen and oxygen atoms in total. The third kappa shape index (κ3) is 1.40. The molecule has 0 aromatic heterocycles. The van der Waals surface area contributed by atoms with Gasteiger partial charge in [-0.05, 0) is 38.0 Å². The monoisotopic (exact) mass is 188 g/mol. The van der Waals surface area contributed by atoms with Crippen molar-refractivity contribution in [3.63, 3.8) is 0 Å². The number of rotatable bonds is 0. The van der Waals surface area contributed by atoms with E-state index in [0.29, 0.717) is 5.92 Å². The van der Waals surface area contributed by atoms with Crippen LogP contribution in [0.4, 0.5) is 0 Å². The molecule has 2 aliphatic carbocycles. The molecule has 0 radical (unpaired) electrons. The maximum atomic E-state index is 9.33. The maximum absolute atomic E-state index is 9.33. The first-order chi connectivity index (χ1) is 6.80. The van der Waals surface area contributed by atoms with Gasteiger partial charge in [-0.25, -0.2) is 0 Å². The van der Waals surface area contributed by atoms with Crippen LogP contribution in [0.3, 0.4) is 0 Å². The van der Waals surface area contributed by atoms with E-state index in [1.54, 1.807) is 0 Å². The number of hydrogen-bond acceptors (Lipinski definition) is 2. The Kier molecular flexibility index (Phi) is 2.46. The van der Waals surface area contributed by atoms with Gasteiger partial charge in [0.05, 0.1) is 17.6 Å². The molecule has 14 heavy (non-hydrogen) atoms. The second kappa shape index (κ2) is 3.62. The Morgan fingerprint density at radius 3 is 2.64 bits per heavy atom. The van der Waals surface area contributed by atoms with Crippen molar-refractivity contribution in [2.45, 2.75) is 44.9 Å². The molecule has 0 aromatic carbocycles. The van der Waals surface area contributed by atoms with Crippen LogP contribution >= 0.6 is 0 Å². The summed E-state index contributed by atoms with van der Waals surface area (Å²) < 4.78 is 0. The molecule has 2 saturated carbocycles. The summed E-state index contributed by atoms with van der Waals surface area (Å²) in [7, 11) is 0. The highest BCUT2D eigenvalue weighted by Gasteiger charge is 2.45. The summed E-state index contributed by atoms with van der Waals surface area (Å²) in [5, 5.41) is 18.3. The lowest BCUT2D eigenvalue weighted by Crippen LogP contribution is -2.38. The highest BCUT2D eigenvalue weighted by Crippen LogP contribution is 2.51. The van der Waals surface area contributed by atoms with E-state index in [2.05, 4.69) is 12.1 Å². The second-order valence-electron chi connectivity index (χ2n) is 4.82. The zero-order valence-corrected chi connectivity index (χ0v) is 8.50. The fourth-order valence-corrected chi connectivity index (χ4v) is 3.25. The number of nitrogens with zero attached hydrogens (tertiary/aromatic N) is 2. The quantitative estimate of drug-likeness (QED) is 0.586. The SMILES string of the molecule is N#C[C@@H]1CC[C@@H]2CCCC[C@@]2(C#N)C1. The van der Waals surface area contributed by atoms with E-state index < -0.39 is 0 Å². The van der Waals surface area contributed by atoms with Crippen molar-refractivity contribution in [1.82, 2.24) is 0 Å². The molecule has 2 aliphatic rings. The normalized spacial score (nSPS) is 41.9. The molecule has 2 heteroatoms. The molecule has 0 spiro atoms. The lowest BCUT2D eigenvalue weighted by Gasteiger charge is -2.43. The smallest absolute Gasteiger partial charge is 0.0693 e. The van der Waals surface area contributed by atoms with Crippen molar-refractivity contribution in [2.75, 3.05) is 0 Å². The molecule has 74 valence electrons.